The Morgan fingerprint density at radius 1 is 1.21 bits per heavy atom. The number of hydrogen-bond acceptors (Lipinski definition) is 3. The molecule has 1 heterocycles. The molecule has 2 aliphatic rings. The monoisotopic (exact) mass is 259 g/mol. The predicted octanol–water partition coefficient (Wildman–Crippen LogP) is 2.65. The fourth-order valence-electron chi connectivity index (χ4n) is 3.49. The zero-order valence-electron chi connectivity index (χ0n) is 11.6. The van der Waals surface area contributed by atoms with Crippen LogP contribution in [0.2, 0.25) is 0 Å². The van der Waals surface area contributed by atoms with Crippen molar-refractivity contribution in [3.63, 3.8) is 0 Å². The normalized spacial score (nSPS) is 29.1. The van der Waals surface area contributed by atoms with E-state index in [1.54, 1.807) is 14.2 Å². The molecule has 0 amide bonds. The Kier molecular flexibility index (Phi) is 3.23. The Morgan fingerprint density at radius 2 is 2.05 bits per heavy atom. The SMILES string of the molecule is COc1ccc([C@@]23C=CCCC2NCC3)cc1OC. The molecule has 0 spiro atoms. The van der Waals surface area contributed by atoms with Crippen molar-refractivity contribution in [2.45, 2.75) is 30.7 Å². The number of ether oxygens (including phenoxy) is 2. The molecule has 1 fully saturated rings. The van der Waals surface area contributed by atoms with Gasteiger partial charge in [-0.3, -0.25) is 0 Å². The van der Waals surface area contributed by atoms with Crippen LogP contribution in [-0.4, -0.2) is 26.8 Å². The molecule has 3 rings (SSSR count). The van der Waals surface area contributed by atoms with Gasteiger partial charge in [-0.25, -0.2) is 0 Å². The highest BCUT2D eigenvalue weighted by Gasteiger charge is 2.43. The van der Waals surface area contributed by atoms with Gasteiger partial charge in [-0.1, -0.05) is 18.2 Å². The Bertz CT molecular complexity index is 498. The number of hydrogen-bond donors (Lipinski definition) is 1. The summed E-state index contributed by atoms with van der Waals surface area (Å²) in [7, 11) is 3.37. The third-order valence-corrected chi connectivity index (χ3v) is 4.51. The largest absolute Gasteiger partial charge is 0.493 e. The number of nitrogens with one attached hydrogen (secondary N) is 1. The van der Waals surface area contributed by atoms with Crippen LogP contribution < -0.4 is 14.8 Å². The number of fused-ring (bicyclic) bond motifs is 1. The van der Waals surface area contributed by atoms with Crippen molar-refractivity contribution in [1.82, 2.24) is 5.32 Å². The van der Waals surface area contributed by atoms with Crippen LogP contribution in [0.3, 0.4) is 0 Å². The van der Waals surface area contributed by atoms with Crippen LogP contribution >= 0.6 is 0 Å². The predicted molar refractivity (Wildman–Crippen MR) is 76.0 cm³/mol. The van der Waals surface area contributed by atoms with E-state index in [-0.39, 0.29) is 5.41 Å². The topological polar surface area (TPSA) is 30.5 Å². The highest BCUT2D eigenvalue weighted by atomic mass is 16.5. The smallest absolute Gasteiger partial charge is 0.161 e. The molecule has 1 aliphatic carbocycles. The van der Waals surface area contributed by atoms with Crippen molar-refractivity contribution in [2.75, 3.05) is 20.8 Å². The number of methoxy groups -OCH3 is 2. The third-order valence-electron chi connectivity index (χ3n) is 4.51. The van der Waals surface area contributed by atoms with Crippen LogP contribution in [0.4, 0.5) is 0 Å². The van der Waals surface area contributed by atoms with E-state index in [1.807, 2.05) is 6.07 Å². The molecule has 0 saturated carbocycles. The first-order valence-electron chi connectivity index (χ1n) is 6.94. The van der Waals surface area contributed by atoms with Crippen molar-refractivity contribution in [1.29, 1.82) is 0 Å². The molecule has 0 radical (unpaired) electrons. The fourth-order valence-corrected chi connectivity index (χ4v) is 3.49. The average molecular weight is 259 g/mol. The summed E-state index contributed by atoms with van der Waals surface area (Å²) in [5.41, 5.74) is 1.47. The second kappa shape index (κ2) is 4.89. The Hall–Kier alpha value is -1.48. The van der Waals surface area contributed by atoms with Gasteiger partial charge < -0.3 is 14.8 Å². The molecule has 3 heteroatoms. The van der Waals surface area contributed by atoms with E-state index in [0.29, 0.717) is 6.04 Å². The molecule has 0 aromatic heterocycles. The van der Waals surface area contributed by atoms with Crippen LogP contribution in [-0.2, 0) is 5.41 Å². The number of allylic oxidation sites excluding steroid dienone is 1. The van der Waals surface area contributed by atoms with Crippen LogP contribution in [0, 0.1) is 0 Å². The van der Waals surface area contributed by atoms with E-state index < -0.39 is 0 Å². The van der Waals surface area contributed by atoms with Gasteiger partial charge in [-0.05, 0) is 43.5 Å². The molecule has 3 nitrogen and oxygen atoms in total. The summed E-state index contributed by atoms with van der Waals surface area (Å²) in [4.78, 5) is 0. The standard InChI is InChI=1S/C16H21NO2/c1-18-13-7-6-12(11-14(13)19-2)16-8-4-3-5-15(16)17-10-9-16/h4,6-8,11,15,17H,3,5,9-10H2,1-2H3/t15?,16-/m0/s1. The van der Waals surface area contributed by atoms with Crippen LogP contribution in [0.25, 0.3) is 0 Å². The molecule has 2 atom stereocenters. The van der Waals surface area contributed by atoms with Gasteiger partial charge in [0.25, 0.3) is 0 Å². The minimum Gasteiger partial charge on any atom is -0.493 e. The second-order valence-electron chi connectivity index (χ2n) is 5.35. The Labute approximate surface area is 114 Å². The van der Waals surface area contributed by atoms with Gasteiger partial charge in [0.15, 0.2) is 11.5 Å². The zero-order valence-corrected chi connectivity index (χ0v) is 11.6. The van der Waals surface area contributed by atoms with Gasteiger partial charge in [0.05, 0.1) is 14.2 Å². The first-order chi connectivity index (χ1) is 9.30. The highest BCUT2D eigenvalue weighted by molar-refractivity contribution is 5.48. The van der Waals surface area contributed by atoms with Gasteiger partial charge in [0, 0.05) is 11.5 Å². The first kappa shape index (κ1) is 12.5. The lowest BCUT2D eigenvalue weighted by molar-refractivity contribution is 0.351. The summed E-state index contributed by atoms with van der Waals surface area (Å²) in [6.45, 7) is 1.09. The molecule has 102 valence electrons. The average Bonchev–Trinajstić information content (AvgIpc) is 2.91. The van der Waals surface area contributed by atoms with Crippen molar-refractivity contribution < 1.29 is 9.47 Å². The van der Waals surface area contributed by atoms with E-state index in [4.69, 9.17) is 9.47 Å². The number of rotatable bonds is 3. The third kappa shape index (κ3) is 1.93. The van der Waals surface area contributed by atoms with Crippen LogP contribution in [0.1, 0.15) is 24.8 Å². The van der Waals surface area contributed by atoms with Gasteiger partial charge in [0.1, 0.15) is 0 Å². The Balaban J connectivity index is 2.05. The van der Waals surface area contributed by atoms with Gasteiger partial charge in [-0.15, -0.1) is 0 Å². The van der Waals surface area contributed by atoms with Crippen molar-refractivity contribution >= 4 is 0 Å². The fraction of sp³-hybridized carbons (Fsp3) is 0.500. The molecule has 1 unspecified atom stereocenters. The molecule has 1 aromatic rings. The Morgan fingerprint density at radius 3 is 2.84 bits per heavy atom. The maximum Gasteiger partial charge on any atom is 0.161 e. The van der Waals surface area contributed by atoms with E-state index in [9.17, 15) is 0 Å². The van der Waals surface area contributed by atoms with E-state index in [2.05, 4.69) is 29.6 Å². The van der Waals surface area contributed by atoms with Crippen LogP contribution in [0.15, 0.2) is 30.4 Å². The minimum atomic E-state index is 0.137. The van der Waals surface area contributed by atoms with Crippen LogP contribution in [0.5, 0.6) is 11.5 Å². The highest BCUT2D eigenvalue weighted by Crippen LogP contribution is 2.43. The maximum absolute atomic E-state index is 5.44. The molecule has 1 aliphatic heterocycles. The van der Waals surface area contributed by atoms with Gasteiger partial charge in [0.2, 0.25) is 0 Å². The molecule has 1 N–H and O–H groups in total. The summed E-state index contributed by atoms with van der Waals surface area (Å²) >= 11 is 0. The van der Waals surface area contributed by atoms with Gasteiger partial charge >= 0.3 is 0 Å². The maximum atomic E-state index is 5.44. The first-order valence-corrected chi connectivity index (χ1v) is 6.94. The van der Waals surface area contributed by atoms with E-state index in [0.717, 1.165) is 24.5 Å². The summed E-state index contributed by atoms with van der Waals surface area (Å²) < 4.78 is 10.8. The second-order valence-corrected chi connectivity index (χ2v) is 5.35. The molecule has 19 heavy (non-hydrogen) atoms. The summed E-state index contributed by atoms with van der Waals surface area (Å²) in [6.07, 6.45) is 8.25. The number of benzene rings is 1. The van der Waals surface area contributed by atoms with Crippen molar-refractivity contribution in [2.24, 2.45) is 0 Å². The molecule has 1 aromatic carbocycles. The summed E-state index contributed by atoms with van der Waals surface area (Å²) in [5.74, 6) is 1.61. The quantitative estimate of drug-likeness (QED) is 0.847. The van der Waals surface area contributed by atoms with Gasteiger partial charge in [-0.2, -0.15) is 0 Å². The lowest BCUT2D eigenvalue weighted by Crippen LogP contribution is -2.40. The molecule has 1 saturated heterocycles. The van der Waals surface area contributed by atoms with Crippen molar-refractivity contribution in [3.05, 3.63) is 35.9 Å². The lowest BCUT2D eigenvalue weighted by Gasteiger charge is -2.36. The summed E-state index contributed by atoms with van der Waals surface area (Å²) in [5, 5.41) is 3.64. The zero-order chi connectivity index (χ0) is 13.3. The van der Waals surface area contributed by atoms with Crippen molar-refractivity contribution in [3.8, 4) is 11.5 Å². The molecular formula is C16H21NO2. The van der Waals surface area contributed by atoms with E-state index in [1.165, 1.54) is 18.4 Å². The lowest BCUT2D eigenvalue weighted by atomic mass is 9.70. The minimum absolute atomic E-state index is 0.137. The molecule has 0 bridgehead atoms. The van der Waals surface area contributed by atoms with E-state index >= 15 is 0 Å². The summed E-state index contributed by atoms with van der Waals surface area (Å²) in [6, 6.07) is 6.88. The molecular weight excluding hydrogens is 238 g/mol.